The van der Waals surface area contributed by atoms with Crippen LogP contribution in [-0.2, 0) is 9.59 Å². The van der Waals surface area contributed by atoms with Crippen LogP contribution in [0.3, 0.4) is 0 Å². The number of halogens is 1. The Morgan fingerprint density at radius 1 is 0.875 bits per heavy atom. The maximum absolute atomic E-state index is 13.6. The molecule has 1 N–H and O–H groups in total. The summed E-state index contributed by atoms with van der Waals surface area (Å²) in [6.45, 7) is 5.84. The van der Waals surface area contributed by atoms with Crippen molar-refractivity contribution in [2.45, 2.75) is 20.8 Å². The monoisotopic (exact) mass is 446 g/mol. The topological polar surface area (TPSA) is 58.6 Å². The summed E-state index contributed by atoms with van der Waals surface area (Å²) in [5, 5.41) is 3.72. The van der Waals surface area contributed by atoms with E-state index in [2.05, 4.69) is 5.32 Å². The van der Waals surface area contributed by atoms with Gasteiger partial charge in [-0.05, 0) is 61.7 Å². The Bertz CT molecular complexity index is 1280. The van der Waals surface area contributed by atoms with Crippen LogP contribution in [0.1, 0.15) is 22.3 Å². The van der Waals surface area contributed by atoms with E-state index in [1.807, 2.05) is 51.1 Å². The van der Waals surface area contributed by atoms with E-state index in [9.17, 15) is 9.59 Å². The molecular weight excluding hydrogens is 424 g/mol. The molecule has 0 aliphatic carbocycles. The van der Waals surface area contributed by atoms with Crippen LogP contribution in [-0.4, -0.2) is 18.9 Å². The van der Waals surface area contributed by atoms with Gasteiger partial charge in [-0.3, -0.25) is 9.59 Å². The predicted octanol–water partition coefficient (Wildman–Crippen LogP) is 5.67. The number of amides is 2. The smallest absolute Gasteiger partial charge is 0.282 e. The van der Waals surface area contributed by atoms with Gasteiger partial charge in [0.2, 0.25) is 0 Å². The number of methoxy groups -OCH3 is 1. The van der Waals surface area contributed by atoms with Crippen LogP contribution in [0.5, 0.6) is 5.75 Å². The van der Waals surface area contributed by atoms with Gasteiger partial charge in [0.15, 0.2) is 0 Å². The lowest BCUT2D eigenvalue weighted by Gasteiger charge is -2.17. The predicted molar refractivity (Wildman–Crippen MR) is 128 cm³/mol. The summed E-state index contributed by atoms with van der Waals surface area (Å²) in [6.07, 6.45) is 0. The standard InChI is InChI=1S/C26H23ClN2O3/c1-15-8-7-10-21(17(15)3)28-24-23(19-9-5-6-11-22(19)32-4)25(30)29(26(24)31)18-13-12-16(2)20(27)14-18/h5-14,28H,1-4H3. The molecule has 0 atom stereocenters. The number of benzene rings is 3. The summed E-state index contributed by atoms with van der Waals surface area (Å²) in [5.74, 6) is -0.378. The summed E-state index contributed by atoms with van der Waals surface area (Å²) in [7, 11) is 1.54. The summed E-state index contributed by atoms with van der Waals surface area (Å²) in [6, 6.07) is 18.1. The average Bonchev–Trinajstić information content (AvgIpc) is 3.02. The van der Waals surface area contributed by atoms with Crippen molar-refractivity contribution in [2.24, 2.45) is 0 Å². The number of para-hydroxylation sites is 1. The zero-order chi connectivity index (χ0) is 23.0. The highest BCUT2D eigenvalue weighted by molar-refractivity contribution is 6.46. The lowest BCUT2D eigenvalue weighted by molar-refractivity contribution is -0.120. The number of rotatable bonds is 5. The third kappa shape index (κ3) is 3.65. The lowest BCUT2D eigenvalue weighted by Crippen LogP contribution is -2.32. The van der Waals surface area contributed by atoms with E-state index in [0.29, 0.717) is 22.0 Å². The van der Waals surface area contributed by atoms with E-state index < -0.39 is 11.8 Å². The molecule has 1 aliphatic rings. The van der Waals surface area contributed by atoms with Gasteiger partial charge in [-0.15, -0.1) is 0 Å². The average molecular weight is 447 g/mol. The summed E-state index contributed by atoms with van der Waals surface area (Å²) < 4.78 is 5.49. The number of anilines is 2. The molecule has 0 spiro atoms. The molecule has 0 saturated carbocycles. The highest BCUT2D eigenvalue weighted by Crippen LogP contribution is 2.38. The van der Waals surface area contributed by atoms with E-state index in [0.717, 1.165) is 27.3 Å². The van der Waals surface area contributed by atoms with E-state index >= 15 is 0 Å². The molecule has 32 heavy (non-hydrogen) atoms. The number of nitrogens with one attached hydrogen (secondary N) is 1. The van der Waals surface area contributed by atoms with Gasteiger partial charge in [0.25, 0.3) is 11.8 Å². The van der Waals surface area contributed by atoms with Gasteiger partial charge in [0, 0.05) is 16.3 Å². The largest absolute Gasteiger partial charge is 0.496 e. The molecule has 6 heteroatoms. The minimum atomic E-state index is -0.447. The molecule has 4 rings (SSSR count). The second-order valence-corrected chi connectivity index (χ2v) is 8.11. The van der Waals surface area contributed by atoms with Crippen LogP contribution in [0.4, 0.5) is 11.4 Å². The molecule has 0 saturated heterocycles. The zero-order valence-electron chi connectivity index (χ0n) is 18.3. The van der Waals surface area contributed by atoms with Crippen molar-refractivity contribution in [3.05, 3.63) is 93.6 Å². The Labute approximate surface area is 192 Å². The van der Waals surface area contributed by atoms with Crippen molar-refractivity contribution in [2.75, 3.05) is 17.3 Å². The number of imide groups is 1. The third-order valence-electron chi connectivity index (χ3n) is 5.74. The summed E-state index contributed by atoms with van der Waals surface area (Å²) in [5.41, 5.74) is 5.11. The number of ether oxygens (including phenoxy) is 1. The first-order valence-electron chi connectivity index (χ1n) is 10.2. The minimum absolute atomic E-state index is 0.199. The van der Waals surface area contributed by atoms with Gasteiger partial charge in [0.05, 0.1) is 18.4 Å². The molecule has 0 radical (unpaired) electrons. The molecule has 1 aliphatic heterocycles. The Morgan fingerprint density at radius 2 is 1.62 bits per heavy atom. The number of hydrogen-bond donors (Lipinski definition) is 1. The Balaban J connectivity index is 1.89. The fourth-order valence-electron chi connectivity index (χ4n) is 3.72. The van der Waals surface area contributed by atoms with Crippen LogP contribution in [0.25, 0.3) is 5.57 Å². The normalized spacial score (nSPS) is 13.7. The molecule has 0 aromatic heterocycles. The Morgan fingerprint density at radius 3 is 2.34 bits per heavy atom. The van der Waals surface area contributed by atoms with Crippen molar-refractivity contribution in [3.8, 4) is 5.75 Å². The highest BCUT2D eigenvalue weighted by Gasteiger charge is 2.41. The zero-order valence-corrected chi connectivity index (χ0v) is 19.1. The number of carbonyl (C=O) groups is 2. The van der Waals surface area contributed by atoms with Crippen LogP contribution >= 0.6 is 11.6 Å². The molecule has 3 aromatic carbocycles. The summed E-state index contributed by atoms with van der Waals surface area (Å²) >= 11 is 6.29. The van der Waals surface area contributed by atoms with Gasteiger partial charge in [-0.25, -0.2) is 4.90 Å². The molecule has 3 aromatic rings. The first-order valence-corrected chi connectivity index (χ1v) is 10.6. The highest BCUT2D eigenvalue weighted by atomic mass is 35.5. The molecule has 1 heterocycles. The maximum atomic E-state index is 13.6. The van der Waals surface area contributed by atoms with Gasteiger partial charge < -0.3 is 10.1 Å². The van der Waals surface area contributed by atoms with Crippen molar-refractivity contribution in [1.29, 1.82) is 0 Å². The molecule has 0 fully saturated rings. The second-order valence-electron chi connectivity index (χ2n) is 7.70. The van der Waals surface area contributed by atoms with Crippen molar-refractivity contribution in [3.63, 3.8) is 0 Å². The van der Waals surface area contributed by atoms with Crippen LogP contribution < -0.4 is 15.0 Å². The number of nitrogens with zero attached hydrogens (tertiary/aromatic N) is 1. The molecule has 162 valence electrons. The number of hydrogen-bond acceptors (Lipinski definition) is 4. The van der Waals surface area contributed by atoms with Gasteiger partial charge in [-0.1, -0.05) is 48.0 Å². The van der Waals surface area contributed by atoms with Crippen LogP contribution in [0, 0.1) is 20.8 Å². The SMILES string of the molecule is COc1ccccc1C1=C(Nc2cccc(C)c2C)C(=O)N(c2ccc(C)c(Cl)c2)C1=O. The van der Waals surface area contributed by atoms with Gasteiger partial charge in [0.1, 0.15) is 11.4 Å². The fourth-order valence-corrected chi connectivity index (χ4v) is 3.90. The number of aryl methyl sites for hydroxylation is 2. The number of carbonyl (C=O) groups excluding carboxylic acids is 2. The molecule has 0 bridgehead atoms. The Hall–Kier alpha value is -3.57. The van der Waals surface area contributed by atoms with E-state index in [4.69, 9.17) is 16.3 Å². The van der Waals surface area contributed by atoms with E-state index in [1.165, 1.54) is 7.11 Å². The van der Waals surface area contributed by atoms with Crippen molar-refractivity contribution >= 4 is 40.4 Å². The van der Waals surface area contributed by atoms with Gasteiger partial charge in [-0.2, -0.15) is 0 Å². The van der Waals surface area contributed by atoms with E-state index in [1.54, 1.807) is 30.3 Å². The third-order valence-corrected chi connectivity index (χ3v) is 6.15. The first kappa shape index (κ1) is 21.7. The van der Waals surface area contributed by atoms with Gasteiger partial charge >= 0.3 is 0 Å². The van der Waals surface area contributed by atoms with Crippen LogP contribution in [0.15, 0.2) is 66.4 Å². The molecule has 2 amide bonds. The summed E-state index contributed by atoms with van der Waals surface area (Å²) in [4.78, 5) is 28.4. The Kier molecular flexibility index (Phi) is 5.76. The maximum Gasteiger partial charge on any atom is 0.282 e. The molecular formula is C26H23ClN2O3. The molecule has 0 unspecified atom stereocenters. The minimum Gasteiger partial charge on any atom is -0.496 e. The first-order chi connectivity index (χ1) is 15.3. The quantitative estimate of drug-likeness (QED) is 0.513. The molecule has 5 nitrogen and oxygen atoms in total. The second kappa shape index (κ2) is 8.52. The van der Waals surface area contributed by atoms with Crippen LogP contribution in [0.2, 0.25) is 5.02 Å². The van der Waals surface area contributed by atoms with E-state index in [-0.39, 0.29) is 11.3 Å². The lowest BCUT2D eigenvalue weighted by atomic mass is 10.0. The fraction of sp³-hybridized carbons (Fsp3) is 0.154. The van der Waals surface area contributed by atoms with Crippen molar-refractivity contribution < 1.29 is 14.3 Å². The van der Waals surface area contributed by atoms with Crippen molar-refractivity contribution in [1.82, 2.24) is 0 Å².